The highest BCUT2D eigenvalue weighted by Crippen LogP contribution is 2.40. The van der Waals surface area contributed by atoms with Crippen LogP contribution in [0.25, 0.3) is 58.8 Å². The molecule has 3 heterocycles. The molecule has 0 aliphatic rings. The molecule has 4 aromatic carbocycles. The number of thiophene rings is 1. The molecule has 0 atom stereocenters. The SMILES string of the molecule is c1ccc2c(c1)sc1cc3c(cc12)c1ccccc1n3-c1ccc2ocnc2c1. The number of hydrogen-bond donors (Lipinski definition) is 0. The highest BCUT2D eigenvalue weighted by molar-refractivity contribution is 7.25. The summed E-state index contributed by atoms with van der Waals surface area (Å²) in [6, 6.07) is 28.2. The van der Waals surface area contributed by atoms with E-state index in [0.29, 0.717) is 0 Å². The maximum atomic E-state index is 5.44. The van der Waals surface area contributed by atoms with Gasteiger partial charge in [0, 0.05) is 36.6 Å². The molecule has 29 heavy (non-hydrogen) atoms. The summed E-state index contributed by atoms with van der Waals surface area (Å²) < 4.78 is 10.4. The van der Waals surface area contributed by atoms with E-state index in [0.717, 1.165) is 16.8 Å². The molecule has 4 heteroatoms. The molecule has 3 nitrogen and oxygen atoms in total. The van der Waals surface area contributed by atoms with Gasteiger partial charge in [-0.25, -0.2) is 4.98 Å². The lowest BCUT2D eigenvalue weighted by molar-refractivity contribution is 0.602. The molecule has 0 saturated heterocycles. The number of nitrogens with zero attached hydrogens (tertiary/aromatic N) is 2. The standard InChI is InChI=1S/C25H14N2OS/c1-3-7-21-16(5-1)18-12-19-17-6-2-4-8-24(17)29-25(19)13-22(18)27(21)15-9-10-23-20(11-15)26-14-28-23/h1-14H. The molecule has 0 spiro atoms. The number of aromatic nitrogens is 2. The van der Waals surface area contributed by atoms with E-state index in [1.54, 1.807) is 0 Å². The average Bonchev–Trinajstić information content (AvgIpc) is 3.45. The van der Waals surface area contributed by atoms with Crippen LogP contribution in [0.5, 0.6) is 0 Å². The molecule has 0 amide bonds. The Balaban J connectivity index is 1.67. The average molecular weight is 390 g/mol. The van der Waals surface area contributed by atoms with Crippen molar-refractivity contribution in [1.29, 1.82) is 0 Å². The third-order valence-corrected chi connectivity index (χ3v) is 6.88. The summed E-state index contributed by atoms with van der Waals surface area (Å²) in [5, 5.41) is 5.19. The highest BCUT2D eigenvalue weighted by Gasteiger charge is 2.15. The first kappa shape index (κ1) is 15.3. The molecule has 0 aliphatic heterocycles. The van der Waals surface area contributed by atoms with Gasteiger partial charge in [-0.1, -0.05) is 36.4 Å². The smallest absolute Gasteiger partial charge is 0.181 e. The summed E-state index contributed by atoms with van der Waals surface area (Å²) in [4.78, 5) is 4.35. The molecule has 0 aliphatic carbocycles. The van der Waals surface area contributed by atoms with Gasteiger partial charge in [0.2, 0.25) is 0 Å². The first-order chi connectivity index (χ1) is 14.4. The van der Waals surface area contributed by atoms with E-state index in [1.807, 2.05) is 17.4 Å². The topological polar surface area (TPSA) is 31.0 Å². The van der Waals surface area contributed by atoms with E-state index in [1.165, 1.54) is 48.4 Å². The van der Waals surface area contributed by atoms with Gasteiger partial charge in [0.05, 0.1) is 11.0 Å². The summed E-state index contributed by atoms with van der Waals surface area (Å²) in [6.07, 6.45) is 1.50. The Bertz CT molecular complexity index is 1720. The fraction of sp³-hybridized carbons (Fsp3) is 0. The molecule has 0 bridgehead atoms. The van der Waals surface area contributed by atoms with E-state index in [4.69, 9.17) is 4.42 Å². The Hall–Kier alpha value is -3.63. The zero-order valence-corrected chi connectivity index (χ0v) is 16.1. The maximum absolute atomic E-state index is 5.44. The minimum absolute atomic E-state index is 0.807. The fourth-order valence-electron chi connectivity index (χ4n) is 4.45. The summed E-state index contributed by atoms with van der Waals surface area (Å²) in [5.41, 5.74) is 5.19. The fourth-order valence-corrected chi connectivity index (χ4v) is 5.57. The van der Waals surface area contributed by atoms with Crippen LogP contribution in [-0.4, -0.2) is 9.55 Å². The lowest BCUT2D eigenvalue weighted by Crippen LogP contribution is -1.93. The number of hydrogen-bond acceptors (Lipinski definition) is 3. The summed E-state index contributed by atoms with van der Waals surface area (Å²) in [5.74, 6) is 0. The molecule has 136 valence electrons. The van der Waals surface area contributed by atoms with Gasteiger partial charge in [0.1, 0.15) is 5.52 Å². The van der Waals surface area contributed by atoms with Crippen molar-refractivity contribution in [1.82, 2.24) is 9.55 Å². The van der Waals surface area contributed by atoms with E-state index in [9.17, 15) is 0 Å². The summed E-state index contributed by atoms with van der Waals surface area (Å²) in [6.45, 7) is 0. The van der Waals surface area contributed by atoms with Crippen LogP contribution in [-0.2, 0) is 0 Å². The molecule has 7 aromatic rings. The Labute approximate surface area is 169 Å². The second-order valence-corrected chi connectivity index (χ2v) is 8.40. The van der Waals surface area contributed by atoms with Gasteiger partial charge in [-0.3, -0.25) is 0 Å². The third kappa shape index (κ3) is 2.04. The van der Waals surface area contributed by atoms with Crippen molar-refractivity contribution in [2.24, 2.45) is 0 Å². The van der Waals surface area contributed by atoms with Gasteiger partial charge in [-0.2, -0.15) is 0 Å². The van der Waals surface area contributed by atoms with E-state index >= 15 is 0 Å². The molecule has 3 aromatic heterocycles. The predicted molar refractivity (Wildman–Crippen MR) is 121 cm³/mol. The molecule has 0 N–H and O–H groups in total. The van der Waals surface area contributed by atoms with Crippen LogP contribution in [0.1, 0.15) is 0 Å². The molecule has 0 radical (unpaired) electrons. The minimum atomic E-state index is 0.807. The number of para-hydroxylation sites is 1. The second-order valence-electron chi connectivity index (χ2n) is 7.32. The van der Waals surface area contributed by atoms with Crippen molar-refractivity contribution >= 4 is 64.4 Å². The van der Waals surface area contributed by atoms with Crippen LogP contribution >= 0.6 is 11.3 Å². The molecule has 0 fully saturated rings. The number of benzene rings is 4. The van der Waals surface area contributed by atoms with Crippen LogP contribution in [0.3, 0.4) is 0 Å². The van der Waals surface area contributed by atoms with Crippen LogP contribution in [0, 0.1) is 0 Å². The van der Waals surface area contributed by atoms with Crippen LogP contribution < -0.4 is 0 Å². The molecule has 0 saturated carbocycles. The Morgan fingerprint density at radius 3 is 2.52 bits per heavy atom. The maximum Gasteiger partial charge on any atom is 0.181 e. The zero-order chi connectivity index (χ0) is 18.9. The van der Waals surface area contributed by atoms with E-state index < -0.39 is 0 Å². The number of fused-ring (bicyclic) bond motifs is 7. The van der Waals surface area contributed by atoms with Gasteiger partial charge in [0.15, 0.2) is 12.0 Å². The molecule has 0 unspecified atom stereocenters. The monoisotopic (exact) mass is 390 g/mol. The first-order valence-electron chi connectivity index (χ1n) is 9.55. The second kappa shape index (κ2) is 5.46. The van der Waals surface area contributed by atoms with Gasteiger partial charge in [-0.05, 0) is 42.5 Å². The normalized spacial score (nSPS) is 12.1. The van der Waals surface area contributed by atoms with Crippen molar-refractivity contribution in [3.8, 4) is 5.69 Å². The highest BCUT2D eigenvalue weighted by atomic mass is 32.1. The Morgan fingerprint density at radius 2 is 1.55 bits per heavy atom. The first-order valence-corrected chi connectivity index (χ1v) is 10.4. The van der Waals surface area contributed by atoms with Crippen LogP contribution in [0.4, 0.5) is 0 Å². The van der Waals surface area contributed by atoms with Gasteiger partial charge in [0.25, 0.3) is 0 Å². The molecule has 7 rings (SSSR count). The number of rotatable bonds is 1. The lowest BCUT2D eigenvalue weighted by Gasteiger charge is -2.07. The van der Waals surface area contributed by atoms with Crippen molar-refractivity contribution in [3.63, 3.8) is 0 Å². The van der Waals surface area contributed by atoms with E-state index in [2.05, 4.69) is 82.3 Å². The van der Waals surface area contributed by atoms with Crippen molar-refractivity contribution < 1.29 is 4.42 Å². The third-order valence-electron chi connectivity index (χ3n) is 5.74. The predicted octanol–water partition coefficient (Wildman–Crippen LogP) is 7.29. The van der Waals surface area contributed by atoms with Crippen molar-refractivity contribution in [3.05, 3.63) is 85.3 Å². The van der Waals surface area contributed by atoms with Gasteiger partial charge >= 0.3 is 0 Å². The van der Waals surface area contributed by atoms with Gasteiger partial charge in [-0.15, -0.1) is 11.3 Å². The van der Waals surface area contributed by atoms with Crippen LogP contribution in [0.15, 0.2) is 89.7 Å². The Kier molecular flexibility index (Phi) is 2.88. The minimum Gasteiger partial charge on any atom is -0.443 e. The van der Waals surface area contributed by atoms with Crippen molar-refractivity contribution in [2.45, 2.75) is 0 Å². The van der Waals surface area contributed by atoms with Gasteiger partial charge < -0.3 is 8.98 Å². The molecular formula is C25H14N2OS. The largest absolute Gasteiger partial charge is 0.443 e. The summed E-state index contributed by atoms with van der Waals surface area (Å²) >= 11 is 1.85. The van der Waals surface area contributed by atoms with E-state index in [-0.39, 0.29) is 0 Å². The molecular weight excluding hydrogens is 376 g/mol. The quantitative estimate of drug-likeness (QED) is 0.295. The van der Waals surface area contributed by atoms with Crippen LogP contribution in [0.2, 0.25) is 0 Å². The zero-order valence-electron chi connectivity index (χ0n) is 15.3. The summed E-state index contributed by atoms with van der Waals surface area (Å²) in [7, 11) is 0. The number of oxazole rings is 1. The lowest BCUT2D eigenvalue weighted by atomic mass is 10.1. The van der Waals surface area contributed by atoms with Crippen molar-refractivity contribution in [2.75, 3.05) is 0 Å². The Morgan fingerprint density at radius 1 is 0.690 bits per heavy atom.